The SMILES string of the molecule is CCC(CC)(CNC(=O)C(CC)(CC)CN)SC. The van der Waals surface area contributed by atoms with Gasteiger partial charge in [-0.25, -0.2) is 0 Å². The molecule has 0 aliphatic heterocycles. The average molecular weight is 274 g/mol. The second kappa shape index (κ2) is 8.05. The second-order valence-corrected chi connectivity index (χ2v) is 6.24. The lowest BCUT2D eigenvalue weighted by atomic mass is 9.81. The van der Waals surface area contributed by atoms with Crippen molar-refractivity contribution in [3.05, 3.63) is 0 Å². The van der Waals surface area contributed by atoms with E-state index >= 15 is 0 Å². The van der Waals surface area contributed by atoms with E-state index in [-0.39, 0.29) is 16.1 Å². The van der Waals surface area contributed by atoms with Crippen LogP contribution >= 0.6 is 11.8 Å². The van der Waals surface area contributed by atoms with Gasteiger partial charge in [-0.2, -0.15) is 11.8 Å². The van der Waals surface area contributed by atoms with Crippen LogP contribution in [0.15, 0.2) is 0 Å². The van der Waals surface area contributed by atoms with Gasteiger partial charge in [-0.3, -0.25) is 4.79 Å². The number of hydrogen-bond donors (Lipinski definition) is 2. The lowest BCUT2D eigenvalue weighted by molar-refractivity contribution is -0.131. The van der Waals surface area contributed by atoms with Gasteiger partial charge in [0.1, 0.15) is 0 Å². The summed E-state index contributed by atoms with van der Waals surface area (Å²) in [5.41, 5.74) is 5.42. The number of amides is 1. The summed E-state index contributed by atoms with van der Waals surface area (Å²) in [5, 5.41) is 3.13. The Morgan fingerprint density at radius 2 is 1.61 bits per heavy atom. The lowest BCUT2D eigenvalue weighted by Crippen LogP contribution is -2.49. The minimum atomic E-state index is -0.383. The molecule has 4 heteroatoms. The minimum absolute atomic E-state index is 0.121. The van der Waals surface area contributed by atoms with E-state index in [2.05, 4.69) is 25.4 Å². The maximum atomic E-state index is 12.4. The van der Waals surface area contributed by atoms with Crippen molar-refractivity contribution in [2.45, 2.75) is 58.1 Å². The Morgan fingerprint density at radius 3 is 1.89 bits per heavy atom. The Bertz CT molecular complexity index is 232. The summed E-state index contributed by atoms with van der Waals surface area (Å²) >= 11 is 1.85. The molecule has 0 saturated carbocycles. The first-order valence-electron chi connectivity index (χ1n) is 7.03. The Morgan fingerprint density at radius 1 is 1.11 bits per heavy atom. The lowest BCUT2D eigenvalue weighted by Gasteiger charge is -2.34. The number of nitrogens with one attached hydrogen (secondary N) is 1. The summed E-state index contributed by atoms with van der Waals surface area (Å²) < 4.78 is 0.164. The molecule has 0 aliphatic rings. The van der Waals surface area contributed by atoms with Gasteiger partial charge in [0.05, 0.1) is 5.41 Å². The van der Waals surface area contributed by atoms with Crippen LogP contribution < -0.4 is 11.1 Å². The zero-order chi connectivity index (χ0) is 14.2. The second-order valence-electron chi connectivity index (χ2n) is 4.97. The molecule has 0 aliphatic carbocycles. The van der Waals surface area contributed by atoms with Crippen LogP contribution in [0, 0.1) is 5.41 Å². The summed E-state index contributed by atoms with van der Waals surface area (Å²) in [5.74, 6) is 0.121. The van der Waals surface area contributed by atoms with Crippen LogP contribution in [0.4, 0.5) is 0 Å². The molecule has 0 aromatic carbocycles. The van der Waals surface area contributed by atoms with E-state index in [1.165, 1.54) is 0 Å². The highest BCUT2D eigenvalue weighted by Gasteiger charge is 2.35. The van der Waals surface area contributed by atoms with Crippen LogP contribution in [0.5, 0.6) is 0 Å². The van der Waals surface area contributed by atoms with E-state index in [0.717, 1.165) is 32.2 Å². The van der Waals surface area contributed by atoms with Gasteiger partial charge in [-0.1, -0.05) is 27.7 Å². The van der Waals surface area contributed by atoms with Crippen molar-refractivity contribution < 1.29 is 4.79 Å². The van der Waals surface area contributed by atoms with Crippen LogP contribution in [0.1, 0.15) is 53.4 Å². The van der Waals surface area contributed by atoms with E-state index in [4.69, 9.17) is 5.73 Å². The van der Waals surface area contributed by atoms with Gasteiger partial charge in [0.15, 0.2) is 0 Å². The fourth-order valence-electron chi connectivity index (χ4n) is 2.24. The number of rotatable bonds is 9. The zero-order valence-electron chi connectivity index (χ0n) is 12.6. The van der Waals surface area contributed by atoms with Crippen molar-refractivity contribution in [2.24, 2.45) is 11.1 Å². The number of hydrogen-bond acceptors (Lipinski definition) is 3. The Labute approximate surface area is 117 Å². The van der Waals surface area contributed by atoms with Crippen LogP contribution in [0.2, 0.25) is 0 Å². The maximum absolute atomic E-state index is 12.4. The number of nitrogens with two attached hydrogens (primary N) is 1. The first-order chi connectivity index (χ1) is 8.49. The smallest absolute Gasteiger partial charge is 0.227 e. The fraction of sp³-hybridized carbons (Fsp3) is 0.929. The highest BCUT2D eigenvalue weighted by molar-refractivity contribution is 8.00. The molecule has 0 spiro atoms. The van der Waals surface area contributed by atoms with Crippen molar-refractivity contribution in [3.8, 4) is 0 Å². The summed E-state index contributed by atoms with van der Waals surface area (Å²) in [6.07, 6.45) is 5.86. The van der Waals surface area contributed by atoms with E-state index in [1.807, 2.05) is 25.6 Å². The molecule has 3 nitrogen and oxygen atoms in total. The van der Waals surface area contributed by atoms with Crippen LogP contribution in [-0.2, 0) is 4.79 Å². The Balaban J connectivity index is 4.66. The van der Waals surface area contributed by atoms with Crippen molar-refractivity contribution in [1.82, 2.24) is 5.32 Å². The molecule has 0 rings (SSSR count). The average Bonchev–Trinajstić information content (AvgIpc) is 2.43. The molecular formula is C14H30N2OS. The first-order valence-corrected chi connectivity index (χ1v) is 8.25. The molecule has 0 aromatic heterocycles. The molecule has 0 fully saturated rings. The van der Waals surface area contributed by atoms with E-state index in [0.29, 0.717) is 6.54 Å². The van der Waals surface area contributed by atoms with Gasteiger partial charge in [0.2, 0.25) is 5.91 Å². The Kier molecular flexibility index (Phi) is 7.95. The van der Waals surface area contributed by atoms with Gasteiger partial charge in [0, 0.05) is 17.8 Å². The van der Waals surface area contributed by atoms with Gasteiger partial charge in [0.25, 0.3) is 0 Å². The molecule has 18 heavy (non-hydrogen) atoms. The van der Waals surface area contributed by atoms with Crippen molar-refractivity contribution in [1.29, 1.82) is 0 Å². The number of carbonyl (C=O) groups excluding carboxylic acids is 1. The van der Waals surface area contributed by atoms with Gasteiger partial charge < -0.3 is 11.1 Å². The predicted molar refractivity (Wildman–Crippen MR) is 81.9 cm³/mol. The van der Waals surface area contributed by atoms with Gasteiger partial charge in [-0.05, 0) is 31.9 Å². The molecule has 0 atom stereocenters. The topological polar surface area (TPSA) is 55.1 Å². The molecule has 0 bridgehead atoms. The summed E-state index contributed by atoms with van der Waals surface area (Å²) in [4.78, 5) is 12.4. The molecular weight excluding hydrogens is 244 g/mol. The normalized spacial score (nSPS) is 12.6. The van der Waals surface area contributed by atoms with E-state index in [1.54, 1.807) is 0 Å². The Hall–Kier alpha value is -0.220. The number of thioether (sulfide) groups is 1. The zero-order valence-corrected chi connectivity index (χ0v) is 13.5. The molecule has 0 aromatic rings. The summed E-state index contributed by atoms with van der Waals surface area (Å²) in [7, 11) is 0. The molecule has 0 radical (unpaired) electrons. The van der Waals surface area contributed by atoms with Crippen molar-refractivity contribution >= 4 is 17.7 Å². The largest absolute Gasteiger partial charge is 0.354 e. The van der Waals surface area contributed by atoms with Gasteiger partial charge in [-0.15, -0.1) is 0 Å². The quantitative estimate of drug-likeness (QED) is 0.680. The van der Waals surface area contributed by atoms with Crippen molar-refractivity contribution in [2.75, 3.05) is 19.3 Å². The van der Waals surface area contributed by atoms with Crippen molar-refractivity contribution in [3.63, 3.8) is 0 Å². The predicted octanol–water partition coefficient (Wildman–Crippen LogP) is 2.79. The molecule has 0 saturated heterocycles. The first kappa shape index (κ1) is 17.8. The standard InChI is InChI=1S/C14H30N2OS/c1-6-13(7-2,10-15)12(17)16-11-14(8-3,9-4)18-5/h6-11,15H2,1-5H3,(H,16,17). The van der Waals surface area contributed by atoms with E-state index in [9.17, 15) is 4.79 Å². The third kappa shape index (κ3) is 3.89. The third-order valence-electron chi connectivity index (χ3n) is 4.52. The molecule has 108 valence electrons. The highest BCUT2D eigenvalue weighted by atomic mass is 32.2. The summed E-state index contributed by atoms with van der Waals surface area (Å²) in [6, 6.07) is 0. The molecule has 1 amide bonds. The minimum Gasteiger partial charge on any atom is -0.354 e. The molecule has 3 N–H and O–H groups in total. The van der Waals surface area contributed by atoms with Crippen LogP contribution in [-0.4, -0.2) is 30.0 Å². The molecule has 0 unspecified atom stereocenters. The number of carbonyl (C=O) groups is 1. The third-order valence-corrected chi connectivity index (χ3v) is 6.11. The monoisotopic (exact) mass is 274 g/mol. The maximum Gasteiger partial charge on any atom is 0.227 e. The van der Waals surface area contributed by atoms with Crippen LogP contribution in [0.3, 0.4) is 0 Å². The fourth-order valence-corrected chi connectivity index (χ4v) is 3.04. The highest BCUT2D eigenvalue weighted by Crippen LogP contribution is 2.31. The van der Waals surface area contributed by atoms with E-state index < -0.39 is 0 Å². The van der Waals surface area contributed by atoms with Gasteiger partial charge >= 0.3 is 0 Å². The molecule has 0 heterocycles. The summed E-state index contributed by atoms with van der Waals surface area (Å²) in [6.45, 7) is 9.61. The van der Waals surface area contributed by atoms with Crippen LogP contribution in [0.25, 0.3) is 0 Å².